The summed E-state index contributed by atoms with van der Waals surface area (Å²) in [5.74, 6) is -0.810. The number of para-hydroxylation sites is 1. The second-order valence-corrected chi connectivity index (χ2v) is 8.46. The van der Waals surface area contributed by atoms with E-state index in [2.05, 4.69) is 10.6 Å². The zero-order valence-electron chi connectivity index (χ0n) is 16.0. The van der Waals surface area contributed by atoms with Crippen molar-refractivity contribution in [3.05, 3.63) is 60.2 Å². The molecule has 2 aromatic carbocycles. The SMILES string of the molecule is O=C(NCc1ccccc1)[C@H]1CCCN(C(=O)[C@H]2Sc3ccccc3NC2=O)C1. The average Bonchev–Trinajstić information content (AvgIpc) is 2.77. The van der Waals surface area contributed by atoms with Crippen molar-refractivity contribution in [1.82, 2.24) is 10.2 Å². The molecule has 0 aliphatic carbocycles. The van der Waals surface area contributed by atoms with Gasteiger partial charge >= 0.3 is 0 Å². The first kappa shape index (κ1) is 19.5. The van der Waals surface area contributed by atoms with Gasteiger partial charge in [-0.05, 0) is 30.5 Å². The first-order chi connectivity index (χ1) is 14.1. The summed E-state index contributed by atoms with van der Waals surface area (Å²) in [5, 5.41) is 4.97. The zero-order chi connectivity index (χ0) is 20.2. The molecule has 2 aliphatic heterocycles. The standard InChI is InChI=1S/C22H23N3O3S/c26-20(23-13-15-7-2-1-3-8-15)16-9-6-12-25(14-16)22(28)19-21(27)24-17-10-4-5-11-18(17)29-19/h1-5,7-8,10-11,16,19H,6,9,12-14H2,(H,23,26)(H,24,27)/t16-,19-/m0/s1. The van der Waals surface area contributed by atoms with Gasteiger partial charge in [-0.1, -0.05) is 42.5 Å². The smallest absolute Gasteiger partial charge is 0.247 e. The molecule has 1 saturated heterocycles. The highest BCUT2D eigenvalue weighted by atomic mass is 32.2. The van der Waals surface area contributed by atoms with Gasteiger partial charge in [0.15, 0.2) is 5.25 Å². The van der Waals surface area contributed by atoms with Gasteiger partial charge in [0.2, 0.25) is 17.7 Å². The number of piperidine rings is 1. The minimum absolute atomic E-state index is 0.0440. The first-order valence-corrected chi connectivity index (χ1v) is 10.7. The van der Waals surface area contributed by atoms with Crippen LogP contribution in [0.15, 0.2) is 59.5 Å². The molecule has 2 atom stereocenters. The molecule has 1 fully saturated rings. The summed E-state index contributed by atoms with van der Waals surface area (Å²) in [7, 11) is 0. The lowest BCUT2D eigenvalue weighted by Crippen LogP contribution is -2.50. The maximum atomic E-state index is 13.0. The van der Waals surface area contributed by atoms with Gasteiger partial charge < -0.3 is 15.5 Å². The number of thioether (sulfide) groups is 1. The predicted molar refractivity (Wildman–Crippen MR) is 112 cm³/mol. The highest BCUT2D eigenvalue weighted by Crippen LogP contribution is 2.36. The predicted octanol–water partition coefficient (Wildman–Crippen LogP) is 2.65. The van der Waals surface area contributed by atoms with E-state index in [0.29, 0.717) is 19.6 Å². The van der Waals surface area contributed by atoms with Crippen LogP contribution in [-0.2, 0) is 20.9 Å². The molecule has 0 radical (unpaired) electrons. The maximum absolute atomic E-state index is 13.0. The van der Waals surface area contributed by atoms with Gasteiger partial charge in [-0.3, -0.25) is 14.4 Å². The Morgan fingerprint density at radius 3 is 2.69 bits per heavy atom. The Kier molecular flexibility index (Phi) is 5.85. The van der Waals surface area contributed by atoms with Gasteiger partial charge in [-0.15, -0.1) is 11.8 Å². The van der Waals surface area contributed by atoms with E-state index in [1.807, 2.05) is 54.6 Å². The number of rotatable bonds is 4. The summed E-state index contributed by atoms with van der Waals surface area (Å²) < 4.78 is 0. The molecule has 7 heteroatoms. The van der Waals surface area contributed by atoms with Crippen molar-refractivity contribution >= 4 is 35.2 Å². The van der Waals surface area contributed by atoms with Crippen molar-refractivity contribution in [2.24, 2.45) is 5.92 Å². The molecule has 6 nitrogen and oxygen atoms in total. The third-order valence-electron chi connectivity index (χ3n) is 5.27. The largest absolute Gasteiger partial charge is 0.352 e. The molecular weight excluding hydrogens is 386 g/mol. The number of benzene rings is 2. The van der Waals surface area contributed by atoms with Crippen LogP contribution in [0.3, 0.4) is 0 Å². The minimum Gasteiger partial charge on any atom is -0.352 e. The number of hydrogen-bond donors (Lipinski definition) is 2. The highest BCUT2D eigenvalue weighted by molar-refractivity contribution is 8.01. The van der Waals surface area contributed by atoms with Crippen LogP contribution in [0, 0.1) is 5.92 Å². The minimum atomic E-state index is -0.809. The second-order valence-electron chi connectivity index (χ2n) is 7.31. The fraction of sp³-hybridized carbons (Fsp3) is 0.318. The van der Waals surface area contributed by atoms with Gasteiger partial charge in [-0.25, -0.2) is 0 Å². The van der Waals surface area contributed by atoms with Gasteiger partial charge in [0.1, 0.15) is 0 Å². The number of hydrogen-bond acceptors (Lipinski definition) is 4. The quantitative estimate of drug-likeness (QED) is 0.761. The summed E-state index contributed by atoms with van der Waals surface area (Å²) in [6, 6.07) is 17.2. The van der Waals surface area contributed by atoms with Crippen LogP contribution < -0.4 is 10.6 Å². The number of fused-ring (bicyclic) bond motifs is 1. The maximum Gasteiger partial charge on any atom is 0.247 e. The summed E-state index contributed by atoms with van der Waals surface area (Å²) in [5.41, 5.74) is 1.78. The van der Waals surface area contributed by atoms with Crippen LogP contribution in [0.2, 0.25) is 0 Å². The molecule has 0 bridgehead atoms. The number of amides is 3. The summed E-state index contributed by atoms with van der Waals surface area (Å²) in [6.45, 7) is 1.40. The Hall–Kier alpha value is -2.80. The average molecular weight is 410 g/mol. The number of nitrogens with zero attached hydrogens (tertiary/aromatic N) is 1. The number of carbonyl (C=O) groups excluding carboxylic acids is 3. The first-order valence-electron chi connectivity index (χ1n) is 9.79. The number of nitrogens with one attached hydrogen (secondary N) is 2. The molecule has 2 heterocycles. The van der Waals surface area contributed by atoms with Crippen LogP contribution >= 0.6 is 11.8 Å². The zero-order valence-corrected chi connectivity index (χ0v) is 16.8. The van der Waals surface area contributed by atoms with E-state index in [9.17, 15) is 14.4 Å². The van der Waals surface area contributed by atoms with Crippen molar-refractivity contribution in [2.75, 3.05) is 18.4 Å². The lowest BCUT2D eigenvalue weighted by atomic mass is 9.96. The normalized spacial score (nSPS) is 21.1. The van der Waals surface area contributed by atoms with Gasteiger partial charge in [-0.2, -0.15) is 0 Å². The Bertz CT molecular complexity index is 919. The van der Waals surface area contributed by atoms with E-state index < -0.39 is 5.25 Å². The summed E-state index contributed by atoms with van der Waals surface area (Å²) in [4.78, 5) is 40.7. The van der Waals surface area contributed by atoms with Crippen LogP contribution in [0.25, 0.3) is 0 Å². The van der Waals surface area contributed by atoms with Crippen molar-refractivity contribution in [1.29, 1.82) is 0 Å². The molecule has 2 aromatic rings. The van der Waals surface area contributed by atoms with Crippen molar-refractivity contribution in [3.63, 3.8) is 0 Å². The van der Waals surface area contributed by atoms with Crippen molar-refractivity contribution < 1.29 is 14.4 Å². The highest BCUT2D eigenvalue weighted by Gasteiger charge is 2.38. The Labute approximate surface area is 174 Å². The topological polar surface area (TPSA) is 78.5 Å². The monoisotopic (exact) mass is 409 g/mol. The Balaban J connectivity index is 1.37. The third-order valence-corrected chi connectivity index (χ3v) is 6.53. The van der Waals surface area contributed by atoms with E-state index >= 15 is 0 Å². The van der Waals surface area contributed by atoms with E-state index in [0.717, 1.165) is 29.0 Å². The molecule has 2 N–H and O–H groups in total. The fourth-order valence-electron chi connectivity index (χ4n) is 3.70. The molecule has 0 saturated carbocycles. The number of carbonyl (C=O) groups is 3. The molecule has 0 aromatic heterocycles. The fourth-order valence-corrected chi connectivity index (χ4v) is 4.77. The van der Waals surface area contributed by atoms with E-state index in [1.54, 1.807) is 4.90 Å². The number of anilines is 1. The molecule has 0 unspecified atom stereocenters. The van der Waals surface area contributed by atoms with Crippen molar-refractivity contribution in [2.45, 2.75) is 29.5 Å². The van der Waals surface area contributed by atoms with Crippen molar-refractivity contribution in [3.8, 4) is 0 Å². The molecule has 3 amide bonds. The van der Waals surface area contributed by atoms with E-state index in [1.165, 1.54) is 11.8 Å². The Morgan fingerprint density at radius 1 is 1.10 bits per heavy atom. The molecular formula is C22H23N3O3S. The van der Waals surface area contributed by atoms with Gasteiger partial charge in [0.05, 0.1) is 11.6 Å². The van der Waals surface area contributed by atoms with E-state index in [-0.39, 0.29) is 23.6 Å². The molecule has 29 heavy (non-hydrogen) atoms. The molecule has 0 spiro atoms. The lowest BCUT2D eigenvalue weighted by Gasteiger charge is -2.35. The summed E-state index contributed by atoms with van der Waals surface area (Å²) in [6.07, 6.45) is 1.50. The van der Waals surface area contributed by atoms with Crippen LogP contribution in [0.1, 0.15) is 18.4 Å². The summed E-state index contributed by atoms with van der Waals surface area (Å²) >= 11 is 1.28. The third kappa shape index (κ3) is 4.45. The second kappa shape index (κ2) is 8.69. The molecule has 2 aliphatic rings. The van der Waals surface area contributed by atoms with Gasteiger partial charge in [0, 0.05) is 24.5 Å². The van der Waals surface area contributed by atoms with Crippen LogP contribution in [0.4, 0.5) is 5.69 Å². The lowest BCUT2D eigenvalue weighted by molar-refractivity contribution is -0.137. The number of likely N-dealkylation sites (tertiary alicyclic amines) is 1. The Morgan fingerprint density at radius 2 is 1.86 bits per heavy atom. The van der Waals surface area contributed by atoms with Gasteiger partial charge in [0.25, 0.3) is 0 Å². The van der Waals surface area contributed by atoms with Crippen LogP contribution in [-0.4, -0.2) is 41.0 Å². The molecule has 150 valence electrons. The molecule has 4 rings (SSSR count). The van der Waals surface area contributed by atoms with Crippen LogP contribution in [0.5, 0.6) is 0 Å². The van der Waals surface area contributed by atoms with E-state index in [4.69, 9.17) is 0 Å².